The molecule has 0 saturated carbocycles. The number of hydrogen-bond donors (Lipinski definition) is 2. The number of phenols is 1. The quantitative estimate of drug-likeness (QED) is 0.553. The zero-order valence-electron chi connectivity index (χ0n) is 15.1. The summed E-state index contributed by atoms with van der Waals surface area (Å²) in [4.78, 5) is 12.0. The Morgan fingerprint density at radius 1 is 1.04 bits per heavy atom. The fraction of sp³-hybridized carbons (Fsp3) is 0.421. The maximum atomic E-state index is 12.0. The van der Waals surface area contributed by atoms with Crippen molar-refractivity contribution in [3.63, 3.8) is 0 Å². The number of rotatable bonds is 8. The SMILES string of the molecule is CCCNc1ccc2c(OC(=O)CCC)c(OC)c(OC)c(O)c2c1. The van der Waals surface area contributed by atoms with E-state index in [-0.39, 0.29) is 29.0 Å². The van der Waals surface area contributed by atoms with Crippen LogP contribution in [0.25, 0.3) is 10.8 Å². The zero-order chi connectivity index (χ0) is 18.4. The highest BCUT2D eigenvalue weighted by Gasteiger charge is 2.24. The van der Waals surface area contributed by atoms with Crippen molar-refractivity contribution in [1.29, 1.82) is 0 Å². The maximum Gasteiger partial charge on any atom is 0.311 e. The second-order valence-corrected chi connectivity index (χ2v) is 5.66. The van der Waals surface area contributed by atoms with Gasteiger partial charge in [0.2, 0.25) is 11.5 Å². The molecule has 0 aromatic heterocycles. The van der Waals surface area contributed by atoms with E-state index < -0.39 is 0 Å². The Balaban J connectivity index is 2.65. The molecular weight excluding hydrogens is 322 g/mol. The van der Waals surface area contributed by atoms with E-state index in [0.717, 1.165) is 18.7 Å². The van der Waals surface area contributed by atoms with Gasteiger partial charge in [0.05, 0.1) is 14.2 Å². The molecule has 6 heteroatoms. The van der Waals surface area contributed by atoms with E-state index in [1.165, 1.54) is 14.2 Å². The van der Waals surface area contributed by atoms with Gasteiger partial charge in [-0.3, -0.25) is 4.79 Å². The minimum atomic E-state index is -0.358. The molecule has 0 bridgehead atoms. The van der Waals surface area contributed by atoms with E-state index in [4.69, 9.17) is 14.2 Å². The summed E-state index contributed by atoms with van der Waals surface area (Å²) in [7, 11) is 2.87. The van der Waals surface area contributed by atoms with E-state index in [2.05, 4.69) is 12.2 Å². The van der Waals surface area contributed by atoms with Gasteiger partial charge in [-0.25, -0.2) is 0 Å². The van der Waals surface area contributed by atoms with E-state index in [9.17, 15) is 9.90 Å². The lowest BCUT2D eigenvalue weighted by atomic mass is 10.1. The van der Waals surface area contributed by atoms with Crippen molar-refractivity contribution < 1.29 is 24.1 Å². The van der Waals surface area contributed by atoms with Crippen LogP contribution >= 0.6 is 0 Å². The topological polar surface area (TPSA) is 77.0 Å². The Labute approximate surface area is 147 Å². The maximum absolute atomic E-state index is 12.0. The van der Waals surface area contributed by atoms with Crippen LogP contribution in [0.3, 0.4) is 0 Å². The van der Waals surface area contributed by atoms with Crippen LogP contribution in [0.1, 0.15) is 33.1 Å². The van der Waals surface area contributed by atoms with Crippen molar-refractivity contribution in [2.24, 2.45) is 0 Å². The van der Waals surface area contributed by atoms with Crippen molar-refractivity contribution >= 4 is 22.4 Å². The molecule has 2 aromatic rings. The summed E-state index contributed by atoms with van der Waals surface area (Å²) < 4.78 is 16.2. The number of aromatic hydroxyl groups is 1. The van der Waals surface area contributed by atoms with Gasteiger partial charge in [-0.2, -0.15) is 0 Å². The minimum absolute atomic E-state index is 0.0511. The Hall–Kier alpha value is -2.63. The van der Waals surface area contributed by atoms with Crippen LogP contribution in [0, 0.1) is 0 Å². The van der Waals surface area contributed by atoms with Crippen molar-refractivity contribution in [3.05, 3.63) is 18.2 Å². The normalized spacial score (nSPS) is 10.6. The van der Waals surface area contributed by atoms with Gasteiger partial charge in [0.1, 0.15) is 0 Å². The van der Waals surface area contributed by atoms with E-state index in [0.29, 0.717) is 23.6 Å². The molecule has 0 aliphatic heterocycles. The number of ether oxygens (including phenoxy) is 3. The first kappa shape index (κ1) is 18.7. The summed E-state index contributed by atoms with van der Waals surface area (Å²) in [6.45, 7) is 4.79. The Bertz CT molecular complexity index is 757. The molecule has 0 unspecified atom stereocenters. The van der Waals surface area contributed by atoms with Crippen LogP contribution in [0.5, 0.6) is 23.0 Å². The first-order valence-electron chi connectivity index (χ1n) is 8.42. The third-order valence-corrected chi connectivity index (χ3v) is 3.80. The number of fused-ring (bicyclic) bond motifs is 1. The summed E-state index contributed by atoms with van der Waals surface area (Å²) in [5, 5.41) is 15.0. The van der Waals surface area contributed by atoms with Gasteiger partial charge in [-0.1, -0.05) is 13.8 Å². The highest BCUT2D eigenvalue weighted by Crippen LogP contribution is 2.51. The second kappa shape index (κ2) is 8.46. The zero-order valence-corrected chi connectivity index (χ0v) is 15.1. The molecule has 0 aliphatic carbocycles. The predicted octanol–water partition coefficient (Wildman–Crippen LogP) is 4.09. The molecule has 0 fully saturated rings. The molecule has 25 heavy (non-hydrogen) atoms. The number of phenolic OH excluding ortho intramolecular Hbond substituents is 1. The predicted molar refractivity (Wildman–Crippen MR) is 98.0 cm³/mol. The summed E-state index contributed by atoms with van der Waals surface area (Å²) in [5.41, 5.74) is 0.864. The van der Waals surface area contributed by atoms with Crippen LogP contribution in [0.15, 0.2) is 18.2 Å². The molecule has 0 spiro atoms. The van der Waals surface area contributed by atoms with Crippen LogP contribution in [-0.2, 0) is 4.79 Å². The second-order valence-electron chi connectivity index (χ2n) is 5.66. The van der Waals surface area contributed by atoms with Crippen LogP contribution in [0.2, 0.25) is 0 Å². The summed E-state index contributed by atoms with van der Waals surface area (Å²) in [6.07, 6.45) is 1.96. The van der Waals surface area contributed by atoms with Gasteiger partial charge in [0.25, 0.3) is 0 Å². The number of methoxy groups -OCH3 is 2. The third kappa shape index (κ3) is 3.90. The number of benzene rings is 2. The molecule has 0 amide bonds. The number of hydrogen-bond acceptors (Lipinski definition) is 6. The van der Waals surface area contributed by atoms with Crippen molar-refractivity contribution in [2.75, 3.05) is 26.1 Å². The lowest BCUT2D eigenvalue weighted by Crippen LogP contribution is -2.09. The lowest BCUT2D eigenvalue weighted by Gasteiger charge is -2.18. The summed E-state index contributed by atoms with van der Waals surface area (Å²) in [6, 6.07) is 5.48. The Morgan fingerprint density at radius 2 is 1.76 bits per heavy atom. The average Bonchev–Trinajstić information content (AvgIpc) is 2.62. The molecule has 0 saturated heterocycles. The highest BCUT2D eigenvalue weighted by molar-refractivity contribution is 6.01. The lowest BCUT2D eigenvalue weighted by molar-refractivity contribution is -0.134. The molecular formula is C19H25NO5. The van der Waals surface area contributed by atoms with Gasteiger partial charge in [-0.15, -0.1) is 0 Å². The van der Waals surface area contributed by atoms with Crippen molar-refractivity contribution in [3.8, 4) is 23.0 Å². The fourth-order valence-corrected chi connectivity index (χ4v) is 2.62. The standard InChI is InChI=1S/C19H25NO5/c1-5-7-15(21)25-17-13-9-8-12(20-10-6-2)11-14(13)16(22)18(23-3)19(17)24-4/h8-9,11,20,22H,5-7,10H2,1-4H3. The van der Waals surface area contributed by atoms with E-state index in [1.54, 1.807) is 12.1 Å². The number of nitrogens with one attached hydrogen (secondary N) is 1. The van der Waals surface area contributed by atoms with Crippen LogP contribution < -0.4 is 19.5 Å². The van der Waals surface area contributed by atoms with Crippen LogP contribution in [0.4, 0.5) is 5.69 Å². The third-order valence-electron chi connectivity index (χ3n) is 3.80. The van der Waals surface area contributed by atoms with E-state index in [1.807, 2.05) is 13.0 Å². The van der Waals surface area contributed by atoms with Crippen molar-refractivity contribution in [1.82, 2.24) is 0 Å². The summed E-state index contributed by atoms with van der Waals surface area (Å²) in [5.74, 6) is 0.189. The average molecular weight is 347 g/mol. The monoisotopic (exact) mass is 347 g/mol. The van der Waals surface area contributed by atoms with Gasteiger partial charge in [-0.05, 0) is 31.0 Å². The van der Waals surface area contributed by atoms with Crippen molar-refractivity contribution in [2.45, 2.75) is 33.1 Å². The first-order valence-corrected chi connectivity index (χ1v) is 8.42. The molecule has 0 heterocycles. The van der Waals surface area contributed by atoms with E-state index >= 15 is 0 Å². The molecule has 0 atom stereocenters. The largest absolute Gasteiger partial charge is 0.504 e. The van der Waals surface area contributed by atoms with Gasteiger partial charge in [0.15, 0.2) is 11.5 Å². The minimum Gasteiger partial charge on any atom is -0.504 e. The number of anilines is 1. The van der Waals surface area contributed by atoms with Crippen LogP contribution in [-0.4, -0.2) is 31.8 Å². The Kier molecular flexibility index (Phi) is 6.33. The molecule has 0 radical (unpaired) electrons. The molecule has 2 rings (SSSR count). The molecule has 2 aromatic carbocycles. The molecule has 6 nitrogen and oxygen atoms in total. The fourth-order valence-electron chi connectivity index (χ4n) is 2.62. The number of esters is 1. The summed E-state index contributed by atoms with van der Waals surface area (Å²) >= 11 is 0. The number of carbonyl (C=O) groups is 1. The number of carbonyl (C=O) groups excluding carboxylic acids is 1. The molecule has 2 N–H and O–H groups in total. The Morgan fingerprint density at radius 3 is 2.36 bits per heavy atom. The first-order chi connectivity index (χ1) is 12.1. The highest BCUT2D eigenvalue weighted by atomic mass is 16.6. The van der Waals surface area contributed by atoms with Gasteiger partial charge < -0.3 is 24.6 Å². The van der Waals surface area contributed by atoms with Gasteiger partial charge >= 0.3 is 5.97 Å². The molecule has 0 aliphatic rings. The molecule has 136 valence electrons. The smallest absolute Gasteiger partial charge is 0.311 e. The van der Waals surface area contributed by atoms with Gasteiger partial charge in [0, 0.05) is 29.4 Å².